The van der Waals surface area contributed by atoms with Crippen LogP contribution in [-0.2, 0) is 13.5 Å². The molecule has 1 aliphatic heterocycles. The highest BCUT2D eigenvalue weighted by Gasteiger charge is 2.54. The third-order valence-corrected chi connectivity index (χ3v) is 8.51. The second-order valence-electron chi connectivity index (χ2n) is 9.80. The fourth-order valence-electron chi connectivity index (χ4n) is 5.79. The summed E-state index contributed by atoms with van der Waals surface area (Å²) >= 11 is 1.59. The van der Waals surface area contributed by atoms with Crippen LogP contribution in [0.4, 0.5) is 11.5 Å². The van der Waals surface area contributed by atoms with Crippen molar-refractivity contribution in [1.29, 1.82) is 0 Å². The lowest BCUT2D eigenvalue weighted by Gasteiger charge is -2.23. The molecule has 176 valence electrons. The van der Waals surface area contributed by atoms with E-state index in [2.05, 4.69) is 51.0 Å². The van der Waals surface area contributed by atoms with Crippen LogP contribution >= 0.6 is 11.8 Å². The van der Waals surface area contributed by atoms with Crippen molar-refractivity contribution in [3.63, 3.8) is 0 Å². The Balaban J connectivity index is 1.31. The van der Waals surface area contributed by atoms with Crippen molar-refractivity contribution in [1.82, 2.24) is 15.0 Å². The van der Waals surface area contributed by atoms with Crippen molar-refractivity contribution < 1.29 is 4.57 Å². The van der Waals surface area contributed by atoms with E-state index in [4.69, 9.17) is 15.7 Å². The molecular formula is C27H28N7S+. The summed E-state index contributed by atoms with van der Waals surface area (Å²) in [6.45, 7) is 5.00. The summed E-state index contributed by atoms with van der Waals surface area (Å²) in [5.41, 5.74) is 14.4. The maximum Gasteiger partial charge on any atom is 0.232 e. The maximum absolute atomic E-state index is 6.26. The zero-order valence-corrected chi connectivity index (χ0v) is 20.7. The van der Waals surface area contributed by atoms with Crippen molar-refractivity contribution >= 4 is 34.3 Å². The van der Waals surface area contributed by atoms with E-state index in [9.17, 15) is 0 Å². The van der Waals surface area contributed by atoms with Crippen LogP contribution in [0.3, 0.4) is 0 Å². The Bertz CT molecular complexity index is 1470. The van der Waals surface area contributed by atoms with Gasteiger partial charge in [0.25, 0.3) is 0 Å². The summed E-state index contributed by atoms with van der Waals surface area (Å²) in [7, 11) is 2.05. The first-order valence-electron chi connectivity index (χ1n) is 12.3. The molecule has 4 aromatic rings. The molecule has 3 aromatic heterocycles. The minimum absolute atomic E-state index is 0.354. The molecule has 2 atom stereocenters. The molecule has 7 nitrogen and oxygen atoms in total. The number of piperidine rings is 1. The molecule has 7 rings (SSSR count). The Morgan fingerprint density at radius 3 is 2.86 bits per heavy atom. The largest absolute Gasteiger partial charge is 0.385 e. The Kier molecular flexibility index (Phi) is 4.76. The third kappa shape index (κ3) is 3.38. The molecule has 35 heavy (non-hydrogen) atoms. The number of benzene rings is 1. The van der Waals surface area contributed by atoms with Crippen molar-refractivity contribution in [3.05, 3.63) is 60.0 Å². The highest BCUT2D eigenvalue weighted by atomic mass is 32.2. The Labute approximate surface area is 208 Å². The number of nitrogens with two attached hydrogens (primary N) is 1. The number of anilines is 2. The zero-order chi connectivity index (χ0) is 23.7. The molecule has 1 saturated heterocycles. The van der Waals surface area contributed by atoms with Crippen LogP contribution in [0.25, 0.3) is 22.2 Å². The van der Waals surface area contributed by atoms with Gasteiger partial charge < -0.3 is 16.0 Å². The van der Waals surface area contributed by atoms with E-state index in [1.165, 1.54) is 22.4 Å². The molecule has 2 unspecified atom stereocenters. The minimum Gasteiger partial charge on any atom is -0.385 e. The van der Waals surface area contributed by atoms with Crippen molar-refractivity contribution in [2.75, 3.05) is 29.9 Å². The van der Waals surface area contributed by atoms with E-state index in [0.717, 1.165) is 58.7 Å². The second-order valence-corrected chi connectivity index (χ2v) is 10.8. The van der Waals surface area contributed by atoms with Crippen LogP contribution in [-0.4, -0.2) is 40.6 Å². The predicted octanol–water partition coefficient (Wildman–Crippen LogP) is 3.40. The fraction of sp³-hybridized carbons (Fsp3) is 0.333. The number of fused-ring (bicyclic) bond motifs is 5. The molecule has 8 heteroatoms. The topological polar surface area (TPSA) is 83.8 Å². The normalized spacial score (nSPS) is 21.7. The molecule has 1 saturated carbocycles. The van der Waals surface area contributed by atoms with Gasteiger partial charge in [-0.15, -0.1) is 0 Å². The number of nitrogens with one attached hydrogen (secondary N) is 1. The number of pyridine rings is 2. The summed E-state index contributed by atoms with van der Waals surface area (Å²) in [4.78, 5) is 18.4. The third-order valence-electron chi connectivity index (χ3n) is 7.69. The van der Waals surface area contributed by atoms with Gasteiger partial charge in [-0.2, -0.15) is 4.57 Å². The summed E-state index contributed by atoms with van der Waals surface area (Å²) in [5, 5.41) is 4.31. The van der Waals surface area contributed by atoms with Gasteiger partial charge in [0.05, 0.1) is 5.69 Å². The Morgan fingerprint density at radius 1 is 1.17 bits per heavy atom. The monoisotopic (exact) mass is 482 g/mol. The molecule has 0 amide bonds. The van der Waals surface area contributed by atoms with E-state index in [1.807, 2.05) is 31.6 Å². The first-order chi connectivity index (χ1) is 17.1. The van der Waals surface area contributed by atoms with Gasteiger partial charge in [-0.05, 0) is 53.8 Å². The summed E-state index contributed by atoms with van der Waals surface area (Å²) < 4.78 is 2.10. The average molecular weight is 483 g/mol. The van der Waals surface area contributed by atoms with Crippen molar-refractivity contribution in [3.8, 4) is 11.1 Å². The highest BCUT2D eigenvalue weighted by Crippen LogP contribution is 2.50. The number of nitrogens with zero attached hydrogens (tertiary/aromatic N) is 5. The molecule has 2 aliphatic carbocycles. The lowest BCUT2D eigenvalue weighted by atomic mass is 10.0. The van der Waals surface area contributed by atoms with Gasteiger partial charge in [-0.25, -0.2) is 15.0 Å². The molecule has 4 heterocycles. The fourth-order valence-corrected chi connectivity index (χ4v) is 6.57. The standard InChI is InChI=1S/C27H28N7S/c1-3-29-20-7-4-6-16-17(20)11-22-24(16)26(34-13-18-19(14-34)25(18)28)32-27(31-22)35-15-10-23-21(30-12-15)8-5-9-33(23)2/h4-10,12,18-19,25,29H,3,11,13-14,28H2,1-2H3/q+1. The second kappa shape index (κ2) is 7.90. The molecule has 0 spiro atoms. The number of aromatic nitrogens is 4. The zero-order valence-electron chi connectivity index (χ0n) is 19.9. The van der Waals surface area contributed by atoms with E-state index in [1.54, 1.807) is 11.8 Å². The molecule has 1 aromatic carbocycles. The molecule has 2 fully saturated rings. The van der Waals surface area contributed by atoms with Crippen LogP contribution < -0.4 is 20.5 Å². The van der Waals surface area contributed by atoms with Crippen molar-refractivity contribution in [2.45, 2.75) is 29.4 Å². The first kappa shape index (κ1) is 21.1. The maximum atomic E-state index is 6.26. The molecule has 3 N–H and O–H groups in total. The quantitative estimate of drug-likeness (QED) is 0.293. The highest BCUT2D eigenvalue weighted by molar-refractivity contribution is 7.99. The van der Waals surface area contributed by atoms with Gasteiger partial charge in [-0.3, -0.25) is 0 Å². The smallest absolute Gasteiger partial charge is 0.232 e. The SMILES string of the molecule is CCNc1cccc2c1Cc1nc(Sc3cnc4ccc[n+](C)c4c3)nc(N3CC4C(N)C4C3)c1-2. The molecule has 3 aliphatic rings. The van der Waals surface area contributed by atoms with Crippen LogP contribution in [0.5, 0.6) is 0 Å². The molecule has 0 bridgehead atoms. The lowest BCUT2D eigenvalue weighted by Crippen LogP contribution is -2.29. The van der Waals surface area contributed by atoms with E-state index in [0.29, 0.717) is 17.9 Å². The summed E-state index contributed by atoms with van der Waals surface area (Å²) in [6, 6.07) is 13.1. The Hall–Kier alpha value is -3.23. The molecule has 0 radical (unpaired) electrons. The van der Waals surface area contributed by atoms with Gasteiger partial charge in [0.2, 0.25) is 5.52 Å². The number of hydrogen-bond donors (Lipinski definition) is 2. The van der Waals surface area contributed by atoms with Crippen LogP contribution in [0.15, 0.2) is 58.8 Å². The number of hydrogen-bond acceptors (Lipinski definition) is 7. The van der Waals surface area contributed by atoms with E-state index >= 15 is 0 Å². The molecular weight excluding hydrogens is 454 g/mol. The first-order valence-corrected chi connectivity index (χ1v) is 13.1. The summed E-state index contributed by atoms with van der Waals surface area (Å²) in [6.07, 6.45) is 4.79. The van der Waals surface area contributed by atoms with Gasteiger partial charge in [0, 0.05) is 66.6 Å². The minimum atomic E-state index is 0.354. The lowest BCUT2D eigenvalue weighted by molar-refractivity contribution is -0.645. The predicted molar refractivity (Wildman–Crippen MR) is 139 cm³/mol. The average Bonchev–Trinajstić information content (AvgIpc) is 3.20. The number of aryl methyl sites for hydroxylation is 1. The van der Waals surface area contributed by atoms with Gasteiger partial charge in [-0.1, -0.05) is 12.1 Å². The van der Waals surface area contributed by atoms with Crippen LogP contribution in [0.1, 0.15) is 18.2 Å². The van der Waals surface area contributed by atoms with E-state index < -0.39 is 0 Å². The van der Waals surface area contributed by atoms with Gasteiger partial charge in [0.15, 0.2) is 11.4 Å². The van der Waals surface area contributed by atoms with Gasteiger partial charge >= 0.3 is 0 Å². The van der Waals surface area contributed by atoms with Crippen LogP contribution in [0, 0.1) is 11.8 Å². The van der Waals surface area contributed by atoms with E-state index in [-0.39, 0.29) is 0 Å². The van der Waals surface area contributed by atoms with Crippen molar-refractivity contribution in [2.24, 2.45) is 24.6 Å². The van der Waals surface area contributed by atoms with Gasteiger partial charge in [0.1, 0.15) is 18.4 Å². The number of rotatable bonds is 5. The van der Waals surface area contributed by atoms with Crippen LogP contribution in [0.2, 0.25) is 0 Å². The Morgan fingerprint density at radius 2 is 2.03 bits per heavy atom. The summed E-state index contributed by atoms with van der Waals surface area (Å²) in [5.74, 6) is 2.24.